The van der Waals surface area contributed by atoms with Gasteiger partial charge in [-0.2, -0.15) is 15.0 Å². The number of hydrogen-bond donors (Lipinski definition) is 3. The Bertz CT molecular complexity index is 874. The molecule has 0 amide bonds. The van der Waals surface area contributed by atoms with Gasteiger partial charge in [-0.05, 0) is 19.1 Å². The fraction of sp³-hybridized carbons (Fsp3) is 0.375. The first kappa shape index (κ1) is 16.9. The molecule has 9 heteroatoms. The highest BCUT2D eigenvalue weighted by molar-refractivity contribution is 5.78. The number of fused-ring (bicyclic) bond motifs is 1. The van der Waals surface area contributed by atoms with Crippen molar-refractivity contribution in [3.05, 3.63) is 30.1 Å². The number of nitrogen functional groups attached to an aromatic ring is 1. The van der Waals surface area contributed by atoms with Crippen LogP contribution < -0.4 is 16.0 Å². The van der Waals surface area contributed by atoms with Crippen molar-refractivity contribution in [2.75, 3.05) is 36.6 Å². The van der Waals surface area contributed by atoms with Crippen LogP contribution in [0.5, 0.6) is 0 Å². The Labute approximate surface area is 145 Å². The lowest BCUT2D eigenvalue weighted by molar-refractivity contribution is 0.208. The number of nitrogens with one attached hydrogen (secondary N) is 1. The lowest BCUT2D eigenvalue weighted by atomic mass is 10.3. The van der Waals surface area contributed by atoms with Crippen molar-refractivity contribution in [2.45, 2.75) is 19.6 Å². The summed E-state index contributed by atoms with van der Waals surface area (Å²) in [7, 11) is 3.70. The van der Waals surface area contributed by atoms with Crippen LogP contribution in [0.2, 0.25) is 0 Å². The lowest BCUT2D eigenvalue weighted by Crippen LogP contribution is -2.20. The lowest BCUT2D eigenvalue weighted by Gasteiger charge is -2.14. The van der Waals surface area contributed by atoms with Gasteiger partial charge in [0.25, 0.3) is 0 Å². The molecule has 0 aliphatic heterocycles. The highest BCUT2D eigenvalue weighted by Crippen LogP contribution is 2.21. The highest BCUT2D eigenvalue weighted by atomic mass is 16.3. The standard InChI is InChI=1S/C16H22N8O/c1-10(25)8-18-15-19-11-6-4-5-7-12(11)24(15)9-13-20-14(17)22-16(21-13)23(2)3/h4-7,10,25H,8-9H2,1-3H3,(H,18,19)(H2,17,20,21,22)/t10-/m0/s1. The summed E-state index contributed by atoms with van der Waals surface area (Å²) in [5.41, 5.74) is 7.61. The monoisotopic (exact) mass is 342 g/mol. The van der Waals surface area contributed by atoms with Crippen LogP contribution in [-0.2, 0) is 6.54 Å². The van der Waals surface area contributed by atoms with E-state index in [9.17, 15) is 5.11 Å². The SMILES string of the molecule is C[C@H](O)CNc1nc2ccccc2n1Cc1nc(N)nc(N(C)C)n1. The smallest absolute Gasteiger partial charge is 0.229 e. The molecule has 0 saturated heterocycles. The van der Waals surface area contributed by atoms with Crippen molar-refractivity contribution >= 4 is 28.9 Å². The predicted octanol–water partition coefficient (Wildman–Crippen LogP) is 0.710. The number of aromatic nitrogens is 5. The van der Waals surface area contributed by atoms with Gasteiger partial charge in [0.2, 0.25) is 17.8 Å². The molecule has 1 atom stereocenters. The normalized spacial score (nSPS) is 12.3. The molecule has 1 aromatic carbocycles. The zero-order valence-corrected chi connectivity index (χ0v) is 14.5. The van der Waals surface area contributed by atoms with Gasteiger partial charge in [-0.25, -0.2) is 4.98 Å². The summed E-state index contributed by atoms with van der Waals surface area (Å²) in [5, 5.41) is 12.7. The Morgan fingerprint density at radius 1 is 1.20 bits per heavy atom. The van der Waals surface area contributed by atoms with Gasteiger partial charge in [-0.1, -0.05) is 12.1 Å². The maximum Gasteiger partial charge on any atom is 0.229 e. The molecule has 3 aromatic rings. The van der Waals surface area contributed by atoms with E-state index >= 15 is 0 Å². The van der Waals surface area contributed by atoms with E-state index in [2.05, 4.69) is 25.3 Å². The van der Waals surface area contributed by atoms with E-state index in [1.807, 2.05) is 42.9 Å². The number of rotatable bonds is 6. The van der Waals surface area contributed by atoms with Gasteiger partial charge in [0.05, 0.1) is 23.7 Å². The second kappa shape index (κ2) is 6.89. The van der Waals surface area contributed by atoms with Crippen LogP contribution in [0, 0.1) is 0 Å². The number of aliphatic hydroxyl groups excluding tert-OH is 1. The Hall–Kier alpha value is -2.94. The van der Waals surface area contributed by atoms with E-state index in [1.165, 1.54) is 0 Å². The number of para-hydroxylation sites is 2. The first-order valence-corrected chi connectivity index (χ1v) is 7.99. The zero-order chi connectivity index (χ0) is 18.0. The summed E-state index contributed by atoms with van der Waals surface area (Å²) in [6.45, 7) is 2.50. The van der Waals surface area contributed by atoms with Gasteiger partial charge in [-0.3, -0.25) is 0 Å². The average molecular weight is 342 g/mol. The van der Waals surface area contributed by atoms with Gasteiger partial charge in [0.15, 0.2) is 5.82 Å². The number of aliphatic hydroxyl groups is 1. The molecule has 2 heterocycles. The Balaban J connectivity index is 2.01. The number of imidazole rings is 1. The molecule has 4 N–H and O–H groups in total. The fourth-order valence-electron chi connectivity index (χ4n) is 2.45. The summed E-state index contributed by atoms with van der Waals surface area (Å²) in [4.78, 5) is 19.2. The quantitative estimate of drug-likeness (QED) is 0.599. The number of benzene rings is 1. The van der Waals surface area contributed by atoms with Gasteiger partial charge in [0, 0.05) is 20.6 Å². The van der Waals surface area contributed by atoms with Crippen LogP contribution in [0.4, 0.5) is 17.8 Å². The van der Waals surface area contributed by atoms with Gasteiger partial charge in [0.1, 0.15) is 0 Å². The molecule has 0 unspecified atom stereocenters. The first-order chi connectivity index (χ1) is 11.9. The summed E-state index contributed by atoms with van der Waals surface area (Å²) in [5.74, 6) is 1.87. The van der Waals surface area contributed by atoms with E-state index in [-0.39, 0.29) is 5.95 Å². The van der Waals surface area contributed by atoms with Crippen LogP contribution in [0.15, 0.2) is 24.3 Å². The Kier molecular flexibility index (Phi) is 4.66. The van der Waals surface area contributed by atoms with E-state index in [0.717, 1.165) is 11.0 Å². The molecule has 0 fully saturated rings. The topological polar surface area (TPSA) is 118 Å². The molecule has 2 aromatic heterocycles. The Morgan fingerprint density at radius 2 is 1.96 bits per heavy atom. The van der Waals surface area contributed by atoms with Crippen LogP contribution in [-0.4, -0.2) is 56.4 Å². The van der Waals surface area contributed by atoms with E-state index < -0.39 is 6.10 Å². The molecule has 25 heavy (non-hydrogen) atoms. The number of nitrogens with two attached hydrogens (primary N) is 1. The second-order valence-electron chi connectivity index (χ2n) is 6.04. The zero-order valence-electron chi connectivity index (χ0n) is 14.5. The van der Waals surface area contributed by atoms with Crippen molar-refractivity contribution in [3.63, 3.8) is 0 Å². The fourth-order valence-corrected chi connectivity index (χ4v) is 2.45. The molecule has 0 bridgehead atoms. The van der Waals surface area contributed by atoms with Crippen molar-refractivity contribution in [1.29, 1.82) is 0 Å². The van der Waals surface area contributed by atoms with E-state index in [1.54, 1.807) is 11.8 Å². The molecule has 0 saturated carbocycles. The van der Waals surface area contributed by atoms with Crippen LogP contribution in [0.3, 0.4) is 0 Å². The predicted molar refractivity (Wildman–Crippen MR) is 97.6 cm³/mol. The molecule has 132 valence electrons. The van der Waals surface area contributed by atoms with Crippen LogP contribution >= 0.6 is 0 Å². The number of hydrogen-bond acceptors (Lipinski definition) is 8. The molecular formula is C16H22N8O. The average Bonchev–Trinajstić information content (AvgIpc) is 2.90. The minimum atomic E-state index is -0.485. The minimum Gasteiger partial charge on any atom is -0.392 e. The van der Waals surface area contributed by atoms with E-state index in [0.29, 0.717) is 30.8 Å². The molecule has 3 rings (SSSR count). The molecule has 0 aliphatic rings. The maximum absolute atomic E-state index is 9.55. The van der Waals surface area contributed by atoms with Crippen molar-refractivity contribution < 1.29 is 5.11 Å². The molecular weight excluding hydrogens is 320 g/mol. The summed E-state index contributed by atoms with van der Waals surface area (Å²) in [6, 6.07) is 7.80. The minimum absolute atomic E-state index is 0.177. The third kappa shape index (κ3) is 3.77. The number of anilines is 3. The summed E-state index contributed by atoms with van der Waals surface area (Å²) in [6.07, 6.45) is -0.485. The summed E-state index contributed by atoms with van der Waals surface area (Å²) >= 11 is 0. The third-order valence-corrected chi connectivity index (χ3v) is 3.60. The number of nitrogens with zero attached hydrogens (tertiary/aromatic N) is 6. The largest absolute Gasteiger partial charge is 0.392 e. The van der Waals surface area contributed by atoms with Crippen LogP contribution in [0.1, 0.15) is 12.7 Å². The van der Waals surface area contributed by atoms with Crippen molar-refractivity contribution in [2.24, 2.45) is 0 Å². The molecule has 9 nitrogen and oxygen atoms in total. The Morgan fingerprint density at radius 3 is 2.68 bits per heavy atom. The van der Waals surface area contributed by atoms with Crippen molar-refractivity contribution in [3.8, 4) is 0 Å². The van der Waals surface area contributed by atoms with Gasteiger partial charge >= 0.3 is 0 Å². The van der Waals surface area contributed by atoms with Gasteiger partial charge < -0.3 is 25.6 Å². The molecule has 0 spiro atoms. The molecule has 0 radical (unpaired) electrons. The van der Waals surface area contributed by atoms with E-state index in [4.69, 9.17) is 5.73 Å². The maximum atomic E-state index is 9.55. The highest BCUT2D eigenvalue weighted by Gasteiger charge is 2.14. The van der Waals surface area contributed by atoms with Crippen molar-refractivity contribution in [1.82, 2.24) is 24.5 Å². The van der Waals surface area contributed by atoms with Crippen LogP contribution in [0.25, 0.3) is 11.0 Å². The summed E-state index contributed by atoms with van der Waals surface area (Å²) < 4.78 is 1.96. The first-order valence-electron chi connectivity index (χ1n) is 7.99. The third-order valence-electron chi connectivity index (χ3n) is 3.60. The van der Waals surface area contributed by atoms with Gasteiger partial charge in [-0.15, -0.1) is 0 Å². The molecule has 0 aliphatic carbocycles. The second-order valence-corrected chi connectivity index (χ2v) is 6.04.